The smallest absolute Gasteiger partial charge is 0.494 e. The molecule has 10 heteroatoms. The largest absolute Gasteiger partial charge is 0.586 e. The number of benzene rings is 2. The fraction of sp³-hybridized carbons (Fsp3) is 0.167. The van der Waals surface area contributed by atoms with Gasteiger partial charge in [0.05, 0.1) is 7.11 Å². The Balaban J connectivity index is 1.62. The van der Waals surface area contributed by atoms with Crippen molar-refractivity contribution in [2.75, 3.05) is 12.8 Å². The van der Waals surface area contributed by atoms with Gasteiger partial charge in [0.25, 0.3) is 5.91 Å². The lowest BCUT2D eigenvalue weighted by atomic mass is 10.1. The summed E-state index contributed by atoms with van der Waals surface area (Å²) in [7, 11) is 1.47. The quantitative estimate of drug-likeness (QED) is 0.707. The second-order valence-electron chi connectivity index (χ2n) is 5.88. The summed E-state index contributed by atoms with van der Waals surface area (Å²) in [4.78, 5) is 20.8. The zero-order chi connectivity index (χ0) is 19.9. The number of hydrogen-bond acceptors (Lipinski definition) is 7. The van der Waals surface area contributed by atoms with Crippen molar-refractivity contribution in [1.82, 2.24) is 15.3 Å². The first kappa shape index (κ1) is 17.7. The molecule has 144 valence electrons. The molecule has 1 aliphatic heterocycles. The molecular formula is C18H14F2N4O4. The number of nitrogens with zero attached hydrogens (tertiary/aromatic N) is 2. The number of ether oxygens (including phenoxy) is 3. The summed E-state index contributed by atoms with van der Waals surface area (Å²) < 4.78 is 40.8. The molecule has 0 saturated heterocycles. The molecular weight excluding hydrogens is 374 g/mol. The highest BCUT2D eigenvalue weighted by atomic mass is 19.3. The van der Waals surface area contributed by atoms with Gasteiger partial charge in [0.2, 0.25) is 5.95 Å². The number of carbonyl (C=O) groups excluding carboxylic acids is 1. The lowest BCUT2D eigenvalue weighted by Crippen LogP contribution is -2.27. The summed E-state index contributed by atoms with van der Waals surface area (Å²) in [5.74, 6) is -0.441. The predicted molar refractivity (Wildman–Crippen MR) is 94.3 cm³/mol. The maximum Gasteiger partial charge on any atom is 0.586 e. The number of anilines is 1. The summed E-state index contributed by atoms with van der Waals surface area (Å²) in [5, 5.41) is 3.06. The third-order valence-corrected chi connectivity index (χ3v) is 4.09. The van der Waals surface area contributed by atoms with Crippen LogP contribution in [0, 0.1) is 0 Å². The molecule has 0 saturated carbocycles. The molecule has 0 atom stereocenters. The minimum Gasteiger partial charge on any atom is -0.494 e. The Morgan fingerprint density at radius 3 is 2.79 bits per heavy atom. The maximum atomic E-state index is 13.3. The van der Waals surface area contributed by atoms with E-state index in [1.807, 2.05) is 0 Å². The Bertz CT molecular complexity index is 1090. The Kier molecular flexibility index (Phi) is 4.10. The maximum absolute atomic E-state index is 13.3. The Morgan fingerprint density at radius 2 is 2.00 bits per heavy atom. The molecule has 0 unspecified atom stereocenters. The number of rotatable bonds is 4. The predicted octanol–water partition coefficient (Wildman–Crippen LogP) is 2.47. The van der Waals surface area contributed by atoms with Gasteiger partial charge in [0.15, 0.2) is 11.5 Å². The Labute approximate surface area is 157 Å². The van der Waals surface area contributed by atoms with Gasteiger partial charge in [-0.25, -0.2) is 9.97 Å². The minimum absolute atomic E-state index is 0.0384. The Hall–Kier alpha value is -3.69. The van der Waals surface area contributed by atoms with Gasteiger partial charge in [-0.2, -0.15) is 0 Å². The molecule has 1 aliphatic rings. The van der Waals surface area contributed by atoms with Gasteiger partial charge < -0.3 is 25.3 Å². The number of carbonyl (C=O) groups is 1. The minimum atomic E-state index is -3.74. The van der Waals surface area contributed by atoms with Crippen molar-refractivity contribution in [3.8, 4) is 17.2 Å². The van der Waals surface area contributed by atoms with Crippen LogP contribution in [0.15, 0.2) is 36.4 Å². The summed E-state index contributed by atoms with van der Waals surface area (Å²) in [6, 6.07) is 9.44. The van der Waals surface area contributed by atoms with Crippen LogP contribution in [0.5, 0.6) is 17.2 Å². The first-order valence-corrected chi connectivity index (χ1v) is 8.14. The molecule has 0 aliphatic carbocycles. The van der Waals surface area contributed by atoms with E-state index in [1.165, 1.54) is 19.2 Å². The van der Waals surface area contributed by atoms with E-state index in [0.717, 1.165) is 0 Å². The van der Waals surface area contributed by atoms with Gasteiger partial charge in [0.1, 0.15) is 17.0 Å². The van der Waals surface area contributed by atoms with Crippen LogP contribution >= 0.6 is 0 Å². The normalized spacial score (nSPS) is 14.1. The van der Waals surface area contributed by atoms with E-state index >= 15 is 0 Å². The number of fused-ring (bicyclic) bond motifs is 2. The number of nitrogens with one attached hydrogen (secondary N) is 1. The number of hydrogen-bond donors (Lipinski definition) is 2. The van der Waals surface area contributed by atoms with Gasteiger partial charge >= 0.3 is 6.29 Å². The van der Waals surface area contributed by atoms with Crippen LogP contribution < -0.4 is 25.3 Å². The van der Waals surface area contributed by atoms with Crippen molar-refractivity contribution in [2.45, 2.75) is 12.8 Å². The molecule has 3 aromatic rings. The van der Waals surface area contributed by atoms with E-state index in [1.54, 1.807) is 24.3 Å². The number of amides is 1. The summed E-state index contributed by atoms with van der Waals surface area (Å²) in [6.07, 6.45) is -3.74. The highest BCUT2D eigenvalue weighted by Crippen LogP contribution is 2.43. The lowest BCUT2D eigenvalue weighted by molar-refractivity contribution is -0.286. The highest BCUT2D eigenvalue weighted by molar-refractivity contribution is 6.05. The molecule has 8 nitrogen and oxygen atoms in total. The van der Waals surface area contributed by atoms with Gasteiger partial charge in [-0.1, -0.05) is 24.3 Å². The summed E-state index contributed by atoms with van der Waals surface area (Å²) >= 11 is 0. The number of nitrogen functional groups attached to an aromatic ring is 1. The number of nitrogens with two attached hydrogens (primary N) is 1. The van der Waals surface area contributed by atoms with Crippen LogP contribution in [0.2, 0.25) is 0 Å². The van der Waals surface area contributed by atoms with Gasteiger partial charge in [-0.15, -0.1) is 8.78 Å². The average molecular weight is 388 g/mol. The zero-order valence-electron chi connectivity index (χ0n) is 14.5. The third kappa shape index (κ3) is 3.08. The molecule has 28 heavy (non-hydrogen) atoms. The molecule has 2 heterocycles. The first-order chi connectivity index (χ1) is 13.4. The fourth-order valence-corrected chi connectivity index (χ4v) is 2.90. The van der Waals surface area contributed by atoms with E-state index in [-0.39, 0.29) is 29.7 Å². The second kappa shape index (κ2) is 6.48. The lowest BCUT2D eigenvalue weighted by Gasteiger charge is -2.11. The standard InChI is InChI=1S/C18H14F2N4O4/c1-26-11-6-3-5-10-13(11)23-17(21)24-14(10)16(25)22-8-9-4-2-7-12-15(9)28-18(19,20)27-12/h2-7H,8H2,1H3,(H,22,25)(H2,21,23,24). The monoisotopic (exact) mass is 388 g/mol. The van der Waals surface area contributed by atoms with E-state index in [2.05, 4.69) is 24.8 Å². The fourth-order valence-electron chi connectivity index (χ4n) is 2.90. The average Bonchev–Trinajstić information content (AvgIpc) is 2.99. The molecule has 0 spiro atoms. The van der Waals surface area contributed by atoms with Crippen LogP contribution in [0.4, 0.5) is 14.7 Å². The second-order valence-corrected chi connectivity index (χ2v) is 5.88. The SMILES string of the molecule is COc1cccc2c(C(=O)NCc3cccc4c3OC(F)(F)O4)nc(N)nc12. The molecule has 4 rings (SSSR count). The van der Waals surface area contributed by atoms with Crippen LogP contribution in [-0.2, 0) is 6.54 Å². The van der Waals surface area contributed by atoms with Crippen molar-refractivity contribution in [1.29, 1.82) is 0 Å². The zero-order valence-corrected chi connectivity index (χ0v) is 14.5. The van der Waals surface area contributed by atoms with Crippen molar-refractivity contribution in [3.05, 3.63) is 47.7 Å². The molecule has 0 bridgehead atoms. The van der Waals surface area contributed by atoms with Crippen LogP contribution in [0.3, 0.4) is 0 Å². The van der Waals surface area contributed by atoms with E-state index < -0.39 is 12.2 Å². The molecule has 2 aromatic carbocycles. The number of aromatic nitrogens is 2. The topological polar surface area (TPSA) is 109 Å². The van der Waals surface area contributed by atoms with Gasteiger partial charge in [-0.3, -0.25) is 4.79 Å². The molecule has 0 radical (unpaired) electrons. The number of methoxy groups -OCH3 is 1. The molecule has 1 aromatic heterocycles. The van der Waals surface area contributed by atoms with Crippen LogP contribution in [0.1, 0.15) is 16.1 Å². The third-order valence-electron chi connectivity index (χ3n) is 4.09. The van der Waals surface area contributed by atoms with Crippen LogP contribution in [0.25, 0.3) is 10.9 Å². The van der Waals surface area contributed by atoms with Gasteiger partial charge in [0, 0.05) is 17.5 Å². The van der Waals surface area contributed by atoms with E-state index in [9.17, 15) is 13.6 Å². The van der Waals surface area contributed by atoms with Crippen molar-refractivity contribution >= 4 is 22.8 Å². The molecule has 3 N–H and O–H groups in total. The number of halogens is 2. The summed E-state index contributed by atoms with van der Waals surface area (Å²) in [5.41, 5.74) is 6.47. The first-order valence-electron chi connectivity index (χ1n) is 8.14. The number of para-hydroxylation sites is 2. The van der Waals surface area contributed by atoms with E-state index in [4.69, 9.17) is 10.5 Å². The van der Waals surface area contributed by atoms with Gasteiger partial charge in [-0.05, 0) is 12.1 Å². The van der Waals surface area contributed by atoms with E-state index in [0.29, 0.717) is 22.2 Å². The summed E-state index contributed by atoms with van der Waals surface area (Å²) in [6.45, 7) is -0.0865. The molecule has 0 fully saturated rings. The van der Waals surface area contributed by atoms with Crippen molar-refractivity contribution in [2.24, 2.45) is 0 Å². The highest BCUT2D eigenvalue weighted by Gasteiger charge is 2.44. The number of alkyl halides is 2. The Morgan fingerprint density at radius 1 is 1.21 bits per heavy atom. The van der Waals surface area contributed by atoms with Crippen molar-refractivity contribution in [3.63, 3.8) is 0 Å². The van der Waals surface area contributed by atoms with Crippen molar-refractivity contribution < 1.29 is 27.8 Å². The molecule has 1 amide bonds. The van der Waals surface area contributed by atoms with Crippen LogP contribution in [-0.4, -0.2) is 29.3 Å².